The van der Waals surface area contributed by atoms with E-state index >= 15 is 0 Å². The highest BCUT2D eigenvalue weighted by molar-refractivity contribution is 5.96. The number of unbranched alkanes of at least 4 members (excludes halogenated alkanes) is 1. The van der Waals surface area contributed by atoms with Gasteiger partial charge >= 0.3 is 6.03 Å². The first-order chi connectivity index (χ1) is 17.3. The van der Waals surface area contributed by atoms with Gasteiger partial charge in [0.25, 0.3) is 0 Å². The molecule has 0 radical (unpaired) electrons. The highest BCUT2D eigenvalue weighted by Crippen LogP contribution is 2.42. The number of likely N-dealkylation sites (tertiary alicyclic amines) is 1. The first kappa shape index (κ1) is 29.0. The number of hydrogen-bond donors (Lipinski definition) is 0. The Morgan fingerprint density at radius 3 is 2.73 bits per heavy atom. The maximum absolute atomic E-state index is 14.2. The van der Waals surface area contributed by atoms with Crippen LogP contribution in [0.5, 0.6) is 5.75 Å². The average Bonchev–Trinajstić information content (AvgIpc) is 3.11. The molecule has 2 amide bonds. The molecule has 2 fully saturated rings. The lowest BCUT2D eigenvalue weighted by molar-refractivity contribution is 0.0986. The van der Waals surface area contributed by atoms with E-state index < -0.39 is 0 Å². The minimum absolute atomic E-state index is 0. The Bertz CT molecular complexity index is 1070. The molecule has 0 unspecified atom stereocenters. The number of halogens is 2. The predicted octanol–water partition coefficient (Wildman–Crippen LogP) is 7.06. The summed E-state index contributed by atoms with van der Waals surface area (Å²) >= 11 is 0. The average molecular weight is 530 g/mol. The van der Waals surface area contributed by atoms with Crippen molar-refractivity contribution in [3.63, 3.8) is 0 Å². The van der Waals surface area contributed by atoms with Crippen molar-refractivity contribution in [1.29, 1.82) is 0 Å². The molecule has 5 nitrogen and oxygen atoms in total. The second-order valence-electron chi connectivity index (χ2n) is 10.4. The summed E-state index contributed by atoms with van der Waals surface area (Å²) < 4.78 is 20.2. The number of carbonyl (C=O) groups is 1. The predicted molar refractivity (Wildman–Crippen MR) is 151 cm³/mol. The van der Waals surface area contributed by atoms with Gasteiger partial charge in [-0.15, -0.1) is 19.0 Å². The first-order valence-electron chi connectivity index (χ1n) is 13.3. The number of allylic oxidation sites excluding steroid dienone is 1. The second-order valence-corrected chi connectivity index (χ2v) is 10.4. The second kappa shape index (κ2) is 12.8. The summed E-state index contributed by atoms with van der Waals surface area (Å²) in [4.78, 5) is 19.9. The summed E-state index contributed by atoms with van der Waals surface area (Å²) in [6, 6.07) is 15.1. The molecule has 0 N–H and O–H groups in total. The van der Waals surface area contributed by atoms with Crippen molar-refractivity contribution in [1.82, 2.24) is 9.80 Å². The molecule has 2 aliphatic rings. The lowest BCUT2D eigenvalue weighted by Gasteiger charge is -2.47. The van der Waals surface area contributed by atoms with Gasteiger partial charge in [-0.2, -0.15) is 0 Å². The molecule has 37 heavy (non-hydrogen) atoms. The maximum Gasteiger partial charge on any atom is 0.325 e. The van der Waals surface area contributed by atoms with Gasteiger partial charge in [-0.05, 0) is 81.8 Å². The van der Waals surface area contributed by atoms with Crippen LogP contribution < -0.4 is 9.64 Å². The molecule has 0 bridgehead atoms. The van der Waals surface area contributed by atoms with Crippen molar-refractivity contribution in [2.75, 3.05) is 24.5 Å². The van der Waals surface area contributed by atoms with Gasteiger partial charge in [0.2, 0.25) is 0 Å². The number of piperidine rings is 1. The molecule has 3 atom stereocenters. The third-order valence-corrected chi connectivity index (χ3v) is 7.68. The van der Waals surface area contributed by atoms with Gasteiger partial charge in [-0.1, -0.05) is 31.2 Å². The quantitative estimate of drug-likeness (QED) is 0.244. The molecule has 1 spiro atoms. The van der Waals surface area contributed by atoms with E-state index in [2.05, 4.69) is 50.4 Å². The fourth-order valence-electron chi connectivity index (χ4n) is 5.64. The molecule has 0 aromatic heterocycles. The van der Waals surface area contributed by atoms with Gasteiger partial charge in [-0.3, -0.25) is 9.80 Å². The Morgan fingerprint density at radius 1 is 1.24 bits per heavy atom. The number of hydrogen-bond acceptors (Lipinski definition) is 3. The highest BCUT2D eigenvalue weighted by Gasteiger charge is 2.52. The Labute approximate surface area is 227 Å². The van der Waals surface area contributed by atoms with Crippen molar-refractivity contribution in [3.05, 3.63) is 72.6 Å². The zero-order valence-corrected chi connectivity index (χ0v) is 23.2. The molecular weight excluding hydrogens is 489 g/mol. The van der Waals surface area contributed by atoms with Crippen LogP contribution in [-0.2, 0) is 6.54 Å². The standard InChI is InChI=1S/C30H40FN3O2.ClH/c1-5-7-8-16-33-22-30(34(29(33)35)27-13-10-12-26(31)19-27)15-17-32(23(3)20-30)21-25-11-9-14-28(18-25)36-24(4)6-2;/h5,9-14,18-19,23-24H,1,6-8,15-17,20-22H2,2-4H3;1H/t23-,24+,30+;/m0./s1. The Morgan fingerprint density at radius 2 is 2.03 bits per heavy atom. The Hall–Kier alpha value is -2.57. The van der Waals surface area contributed by atoms with Gasteiger partial charge in [0.15, 0.2) is 0 Å². The first-order valence-corrected chi connectivity index (χ1v) is 13.3. The number of urea groups is 1. The lowest BCUT2D eigenvalue weighted by Crippen LogP contribution is -2.57. The summed E-state index contributed by atoms with van der Waals surface area (Å²) in [6.07, 6.45) is 6.51. The summed E-state index contributed by atoms with van der Waals surface area (Å²) in [7, 11) is 0. The topological polar surface area (TPSA) is 36.0 Å². The number of rotatable bonds is 10. The van der Waals surface area contributed by atoms with E-state index in [9.17, 15) is 9.18 Å². The number of carbonyl (C=O) groups excluding carboxylic acids is 1. The molecule has 2 saturated heterocycles. The third kappa shape index (κ3) is 6.66. The molecule has 0 saturated carbocycles. The molecule has 0 aliphatic carbocycles. The minimum Gasteiger partial charge on any atom is -0.491 e. The number of ether oxygens (including phenoxy) is 1. The highest BCUT2D eigenvalue weighted by atomic mass is 35.5. The normalized spacial score (nSPS) is 22.7. The molecule has 2 aromatic rings. The fraction of sp³-hybridized carbons (Fsp3) is 0.500. The summed E-state index contributed by atoms with van der Waals surface area (Å²) in [6.45, 7) is 13.3. The Balaban J connectivity index is 0.00000380. The van der Waals surface area contributed by atoms with Crippen molar-refractivity contribution >= 4 is 24.1 Å². The smallest absolute Gasteiger partial charge is 0.325 e. The monoisotopic (exact) mass is 529 g/mol. The maximum atomic E-state index is 14.2. The molecule has 202 valence electrons. The van der Waals surface area contributed by atoms with E-state index in [1.54, 1.807) is 6.07 Å². The zero-order chi connectivity index (χ0) is 25.7. The molecule has 2 aliphatic heterocycles. The van der Waals surface area contributed by atoms with E-state index in [1.165, 1.54) is 17.7 Å². The third-order valence-electron chi connectivity index (χ3n) is 7.68. The van der Waals surface area contributed by atoms with Crippen LogP contribution in [0.4, 0.5) is 14.9 Å². The Kier molecular flexibility index (Phi) is 10.0. The van der Waals surface area contributed by atoms with Gasteiger partial charge in [0, 0.05) is 37.9 Å². The van der Waals surface area contributed by atoms with E-state index in [-0.39, 0.29) is 41.9 Å². The van der Waals surface area contributed by atoms with Crippen LogP contribution >= 0.6 is 12.4 Å². The van der Waals surface area contributed by atoms with Crippen LogP contribution in [0.3, 0.4) is 0 Å². The summed E-state index contributed by atoms with van der Waals surface area (Å²) in [5.41, 5.74) is 1.55. The van der Waals surface area contributed by atoms with Crippen molar-refractivity contribution in [2.24, 2.45) is 0 Å². The van der Waals surface area contributed by atoms with Gasteiger partial charge in [-0.25, -0.2) is 9.18 Å². The molecule has 2 heterocycles. The van der Waals surface area contributed by atoms with Crippen LogP contribution in [0.25, 0.3) is 0 Å². The summed E-state index contributed by atoms with van der Waals surface area (Å²) in [5.74, 6) is 0.599. The van der Waals surface area contributed by atoms with Gasteiger partial charge in [0.05, 0.1) is 11.6 Å². The van der Waals surface area contributed by atoms with Crippen LogP contribution in [0.15, 0.2) is 61.2 Å². The van der Waals surface area contributed by atoms with Crippen molar-refractivity contribution < 1.29 is 13.9 Å². The lowest BCUT2D eigenvalue weighted by atomic mass is 9.82. The largest absolute Gasteiger partial charge is 0.491 e. The molecule has 4 rings (SSSR count). The number of anilines is 1. The number of benzene rings is 2. The fourth-order valence-corrected chi connectivity index (χ4v) is 5.64. The van der Waals surface area contributed by atoms with E-state index in [0.717, 1.165) is 50.9 Å². The van der Waals surface area contributed by atoms with Crippen LogP contribution in [0, 0.1) is 5.82 Å². The molecule has 2 aromatic carbocycles. The van der Waals surface area contributed by atoms with Crippen molar-refractivity contribution in [3.8, 4) is 5.75 Å². The number of nitrogens with zero attached hydrogens (tertiary/aromatic N) is 3. The van der Waals surface area contributed by atoms with Crippen LogP contribution in [0.2, 0.25) is 0 Å². The number of amides is 2. The van der Waals surface area contributed by atoms with Gasteiger partial charge in [0.1, 0.15) is 11.6 Å². The summed E-state index contributed by atoms with van der Waals surface area (Å²) in [5, 5.41) is 0. The minimum atomic E-state index is -0.337. The van der Waals surface area contributed by atoms with Crippen molar-refractivity contribution in [2.45, 2.75) is 77.1 Å². The van der Waals surface area contributed by atoms with Crippen LogP contribution in [-0.4, -0.2) is 53.1 Å². The van der Waals surface area contributed by atoms with E-state index in [1.807, 2.05) is 28.0 Å². The van der Waals surface area contributed by atoms with E-state index in [0.29, 0.717) is 18.8 Å². The van der Waals surface area contributed by atoms with Gasteiger partial charge < -0.3 is 9.64 Å². The molecular formula is C30H41ClFN3O2. The van der Waals surface area contributed by atoms with E-state index in [4.69, 9.17) is 4.74 Å². The SMILES string of the molecule is C=CCCCN1C[C@]2(CCN(Cc3cccc(O[C@H](C)CC)c3)[C@@H](C)C2)N(c2cccc(F)c2)C1=O.Cl. The molecule has 7 heteroatoms. The van der Waals surface area contributed by atoms with Crippen LogP contribution in [0.1, 0.15) is 58.4 Å². The zero-order valence-electron chi connectivity index (χ0n) is 22.4.